The van der Waals surface area contributed by atoms with Crippen molar-refractivity contribution in [3.8, 4) is 0 Å². The lowest BCUT2D eigenvalue weighted by atomic mass is 9.85. The van der Waals surface area contributed by atoms with Crippen molar-refractivity contribution < 1.29 is 4.79 Å². The van der Waals surface area contributed by atoms with E-state index in [1.165, 1.54) is 57.8 Å². The number of hydrogen-bond donors (Lipinski definition) is 1. The molecule has 3 nitrogen and oxygen atoms in total. The molecule has 2 aliphatic carbocycles. The van der Waals surface area contributed by atoms with E-state index < -0.39 is 0 Å². The summed E-state index contributed by atoms with van der Waals surface area (Å²) in [6, 6.07) is 1.16. The third kappa shape index (κ3) is 5.28. The fraction of sp³-hybridized carbons (Fsp3) is 0.944. The topological polar surface area (TPSA) is 32.3 Å². The number of nitrogens with zero attached hydrogens (tertiary/aromatic N) is 1. The molecular weight excluding hydrogens is 260 g/mol. The Balaban J connectivity index is 1.67. The third-order valence-electron chi connectivity index (χ3n) is 5.62. The smallest absolute Gasteiger partial charge is 0.222 e. The molecule has 21 heavy (non-hydrogen) atoms. The minimum absolute atomic E-state index is 0.382. The Bertz CT molecular complexity index is 304. The van der Waals surface area contributed by atoms with Gasteiger partial charge in [-0.05, 0) is 44.6 Å². The van der Waals surface area contributed by atoms with Crippen LogP contribution < -0.4 is 5.32 Å². The van der Waals surface area contributed by atoms with Gasteiger partial charge in [-0.3, -0.25) is 4.79 Å². The molecular formula is C18H34N2O. The van der Waals surface area contributed by atoms with Gasteiger partial charge in [0, 0.05) is 25.6 Å². The van der Waals surface area contributed by atoms with E-state index in [-0.39, 0.29) is 0 Å². The molecule has 2 rings (SSSR count). The normalized spacial score (nSPS) is 27.5. The van der Waals surface area contributed by atoms with Crippen LogP contribution in [-0.2, 0) is 4.79 Å². The van der Waals surface area contributed by atoms with Gasteiger partial charge in [0.25, 0.3) is 0 Å². The third-order valence-corrected chi connectivity index (χ3v) is 5.62. The quantitative estimate of drug-likeness (QED) is 0.809. The summed E-state index contributed by atoms with van der Waals surface area (Å²) in [5.41, 5.74) is 0. The number of carbonyl (C=O) groups is 1. The van der Waals surface area contributed by atoms with E-state index >= 15 is 0 Å². The van der Waals surface area contributed by atoms with E-state index in [9.17, 15) is 4.79 Å². The molecule has 0 spiro atoms. The summed E-state index contributed by atoms with van der Waals surface area (Å²) in [5.74, 6) is 1.20. The van der Waals surface area contributed by atoms with Crippen LogP contribution in [0.1, 0.15) is 77.6 Å². The molecule has 0 aliphatic heterocycles. The summed E-state index contributed by atoms with van der Waals surface area (Å²) in [4.78, 5) is 14.5. The molecule has 0 saturated heterocycles. The van der Waals surface area contributed by atoms with Gasteiger partial charge in [-0.15, -0.1) is 0 Å². The Morgan fingerprint density at radius 2 is 1.71 bits per heavy atom. The van der Waals surface area contributed by atoms with E-state index in [0.29, 0.717) is 18.0 Å². The van der Waals surface area contributed by atoms with Crippen LogP contribution in [0.4, 0.5) is 0 Å². The zero-order valence-corrected chi connectivity index (χ0v) is 14.1. The van der Waals surface area contributed by atoms with Crippen molar-refractivity contribution in [3.05, 3.63) is 0 Å². The Morgan fingerprint density at radius 1 is 1.05 bits per heavy atom. The summed E-state index contributed by atoms with van der Waals surface area (Å²) >= 11 is 0. The predicted octanol–water partition coefficient (Wildman–Crippen LogP) is 3.73. The standard InChI is InChI=1S/C18H34N2O/c1-3-19-16-10-12-17(13-11-16)20(2)18(21)14-9-15-7-5-4-6-8-15/h15-17,19H,3-14H2,1-2H3. The summed E-state index contributed by atoms with van der Waals surface area (Å²) in [6.07, 6.45) is 13.5. The predicted molar refractivity (Wildman–Crippen MR) is 88.3 cm³/mol. The van der Waals surface area contributed by atoms with E-state index in [1.807, 2.05) is 7.05 Å². The van der Waals surface area contributed by atoms with Crippen molar-refractivity contribution in [1.82, 2.24) is 10.2 Å². The highest BCUT2D eigenvalue weighted by molar-refractivity contribution is 5.76. The molecule has 0 aromatic carbocycles. The second-order valence-corrected chi connectivity index (χ2v) is 7.11. The molecule has 0 aromatic heterocycles. The maximum atomic E-state index is 12.4. The summed E-state index contributed by atoms with van der Waals surface area (Å²) < 4.78 is 0. The van der Waals surface area contributed by atoms with Crippen molar-refractivity contribution >= 4 is 5.91 Å². The van der Waals surface area contributed by atoms with Crippen molar-refractivity contribution in [3.63, 3.8) is 0 Å². The molecule has 0 bridgehead atoms. The molecule has 2 aliphatic rings. The minimum Gasteiger partial charge on any atom is -0.343 e. The van der Waals surface area contributed by atoms with Crippen LogP contribution >= 0.6 is 0 Å². The molecule has 2 saturated carbocycles. The van der Waals surface area contributed by atoms with Crippen LogP contribution in [0, 0.1) is 5.92 Å². The van der Waals surface area contributed by atoms with E-state index in [4.69, 9.17) is 0 Å². The van der Waals surface area contributed by atoms with Crippen LogP contribution in [-0.4, -0.2) is 36.5 Å². The van der Waals surface area contributed by atoms with Crippen molar-refractivity contribution in [2.45, 2.75) is 89.6 Å². The molecule has 0 atom stereocenters. The zero-order valence-electron chi connectivity index (χ0n) is 14.1. The fourth-order valence-electron chi connectivity index (χ4n) is 4.14. The van der Waals surface area contributed by atoms with E-state index in [1.54, 1.807) is 0 Å². The lowest BCUT2D eigenvalue weighted by molar-refractivity contribution is -0.133. The van der Waals surface area contributed by atoms with Crippen LogP contribution in [0.25, 0.3) is 0 Å². The SMILES string of the molecule is CCNC1CCC(N(C)C(=O)CCC2CCCCC2)CC1. The van der Waals surface area contributed by atoms with Crippen LogP contribution in [0.15, 0.2) is 0 Å². The first-order valence-corrected chi connectivity index (χ1v) is 9.19. The van der Waals surface area contributed by atoms with Gasteiger partial charge in [0.2, 0.25) is 5.91 Å². The molecule has 0 aromatic rings. The highest BCUT2D eigenvalue weighted by Gasteiger charge is 2.26. The van der Waals surface area contributed by atoms with Gasteiger partial charge in [0.15, 0.2) is 0 Å². The maximum absolute atomic E-state index is 12.4. The van der Waals surface area contributed by atoms with Crippen molar-refractivity contribution in [2.24, 2.45) is 5.92 Å². The first-order chi connectivity index (χ1) is 10.2. The average Bonchev–Trinajstić information content (AvgIpc) is 2.54. The highest BCUT2D eigenvalue weighted by atomic mass is 16.2. The van der Waals surface area contributed by atoms with Gasteiger partial charge >= 0.3 is 0 Å². The largest absolute Gasteiger partial charge is 0.343 e. The van der Waals surface area contributed by atoms with Crippen LogP contribution in [0.2, 0.25) is 0 Å². The molecule has 1 amide bonds. The van der Waals surface area contributed by atoms with Crippen LogP contribution in [0.3, 0.4) is 0 Å². The number of nitrogens with one attached hydrogen (secondary N) is 1. The molecule has 0 radical (unpaired) electrons. The van der Waals surface area contributed by atoms with E-state index in [0.717, 1.165) is 25.3 Å². The molecule has 122 valence electrons. The van der Waals surface area contributed by atoms with Crippen LogP contribution in [0.5, 0.6) is 0 Å². The van der Waals surface area contributed by atoms with Gasteiger partial charge < -0.3 is 10.2 Å². The lowest BCUT2D eigenvalue weighted by Gasteiger charge is -2.35. The first kappa shape index (κ1) is 16.8. The lowest BCUT2D eigenvalue weighted by Crippen LogP contribution is -2.43. The Labute approximate surface area is 130 Å². The van der Waals surface area contributed by atoms with Gasteiger partial charge in [0.05, 0.1) is 0 Å². The number of carbonyl (C=O) groups excluding carboxylic acids is 1. The zero-order chi connectivity index (χ0) is 15.1. The number of rotatable bonds is 6. The van der Waals surface area contributed by atoms with E-state index in [2.05, 4.69) is 17.1 Å². The average molecular weight is 294 g/mol. The van der Waals surface area contributed by atoms with Gasteiger partial charge in [0.1, 0.15) is 0 Å². The Kier molecular flexibility index (Phi) is 7.01. The van der Waals surface area contributed by atoms with Gasteiger partial charge in [-0.25, -0.2) is 0 Å². The molecule has 0 unspecified atom stereocenters. The molecule has 1 N–H and O–H groups in total. The summed E-state index contributed by atoms with van der Waals surface area (Å²) in [6.45, 7) is 3.23. The van der Waals surface area contributed by atoms with Crippen molar-refractivity contribution in [1.29, 1.82) is 0 Å². The van der Waals surface area contributed by atoms with Gasteiger partial charge in [-0.1, -0.05) is 39.0 Å². The Hall–Kier alpha value is -0.570. The first-order valence-electron chi connectivity index (χ1n) is 9.19. The fourth-order valence-corrected chi connectivity index (χ4v) is 4.14. The Morgan fingerprint density at radius 3 is 2.33 bits per heavy atom. The molecule has 2 fully saturated rings. The second kappa shape index (κ2) is 8.77. The number of amides is 1. The number of hydrogen-bond acceptors (Lipinski definition) is 2. The summed E-state index contributed by atoms with van der Waals surface area (Å²) in [5, 5.41) is 3.54. The molecule has 3 heteroatoms. The minimum atomic E-state index is 0.382. The summed E-state index contributed by atoms with van der Waals surface area (Å²) in [7, 11) is 2.03. The highest BCUT2D eigenvalue weighted by Crippen LogP contribution is 2.28. The van der Waals surface area contributed by atoms with Crippen molar-refractivity contribution in [2.75, 3.05) is 13.6 Å². The molecule has 0 heterocycles. The van der Waals surface area contributed by atoms with Gasteiger partial charge in [-0.2, -0.15) is 0 Å². The second-order valence-electron chi connectivity index (χ2n) is 7.11. The monoisotopic (exact) mass is 294 g/mol. The maximum Gasteiger partial charge on any atom is 0.222 e.